The van der Waals surface area contributed by atoms with E-state index in [1.54, 1.807) is 35.5 Å². The number of rotatable bonds is 8. The summed E-state index contributed by atoms with van der Waals surface area (Å²) in [5.41, 5.74) is 3.27. The lowest BCUT2D eigenvalue weighted by Crippen LogP contribution is -2.00. The first-order valence-electron chi connectivity index (χ1n) is 9.10. The number of anilines is 1. The molecule has 6 nitrogen and oxygen atoms in total. The third kappa shape index (κ3) is 4.28. The van der Waals surface area contributed by atoms with Gasteiger partial charge in [-0.25, -0.2) is 0 Å². The van der Waals surface area contributed by atoms with Gasteiger partial charge in [-0.1, -0.05) is 0 Å². The quantitative estimate of drug-likeness (QED) is 0.620. The van der Waals surface area contributed by atoms with E-state index in [2.05, 4.69) is 17.4 Å². The van der Waals surface area contributed by atoms with Crippen LogP contribution in [0.1, 0.15) is 21.0 Å². The Morgan fingerprint density at radius 3 is 1.83 bits per heavy atom. The first-order valence-corrected chi connectivity index (χ1v) is 11.1. The summed E-state index contributed by atoms with van der Waals surface area (Å²) in [5, 5.41) is 3.51. The molecule has 0 radical (unpaired) electrons. The lowest BCUT2D eigenvalue weighted by Gasteiger charge is -2.18. The normalized spacial score (nSPS) is 18.3. The zero-order valence-corrected chi connectivity index (χ0v) is 19.2. The number of methoxy groups -OCH3 is 5. The molecule has 1 saturated heterocycles. The van der Waals surface area contributed by atoms with Gasteiger partial charge in [0.1, 0.15) is 0 Å². The molecule has 8 heteroatoms. The van der Waals surface area contributed by atoms with Crippen molar-refractivity contribution in [3.8, 4) is 28.7 Å². The maximum absolute atomic E-state index is 5.55. The number of thioether (sulfide) groups is 2. The maximum Gasteiger partial charge on any atom is 0.203 e. The highest BCUT2D eigenvalue weighted by Crippen LogP contribution is 2.58. The molecule has 2 aromatic carbocycles. The van der Waals surface area contributed by atoms with E-state index >= 15 is 0 Å². The summed E-state index contributed by atoms with van der Waals surface area (Å²) in [6.45, 7) is 0. The molecule has 1 heterocycles. The minimum absolute atomic E-state index is 0.283. The van der Waals surface area contributed by atoms with Crippen LogP contribution in [-0.2, 0) is 0 Å². The van der Waals surface area contributed by atoms with Crippen LogP contribution in [-0.4, -0.2) is 48.3 Å². The molecule has 1 aliphatic rings. The van der Waals surface area contributed by atoms with Crippen molar-refractivity contribution in [2.45, 2.75) is 9.83 Å². The summed E-state index contributed by atoms with van der Waals surface area (Å²) >= 11 is 3.82. The molecule has 1 fully saturated rings. The highest BCUT2D eigenvalue weighted by Gasteiger charge is 2.31. The van der Waals surface area contributed by atoms with E-state index in [1.165, 1.54) is 5.56 Å². The van der Waals surface area contributed by atoms with Crippen LogP contribution >= 0.6 is 23.5 Å². The van der Waals surface area contributed by atoms with Crippen LogP contribution < -0.4 is 29.0 Å². The highest BCUT2D eigenvalue weighted by atomic mass is 32.2. The van der Waals surface area contributed by atoms with Gasteiger partial charge in [-0.05, 0) is 35.4 Å². The van der Waals surface area contributed by atoms with Crippen LogP contribution in [0.25, 0.3) is 0 Å². The van der Waals surface area contributed by atoms with Crippen molar-refractivity contribution in [2.24, 2.45) is 0 Å². The van der Waals surface area contributed by atoms with Gasteiger partial charge in [0.15, 0.2) is 23.0 Å². The fourth-order valence-corrected chi connectivity index (χ4v) is 6.60. The molecular formula is C21H27NO5S2. The minimum atomic E-state index is 0.283. The lowest BCUT2D eigenvalue weighted by molar-refractivity contribution is 0.324. The standard InChI is InChI=1S/C21H27NO5S2/c1-22-14-7-13(10-15(23-2)19(14)26-5)21-28-11-18(29-21)12-8-16(24-3)20(27-6)17(9-12)25-4/h7-10,18,21-22H,11H2,1-6H3. The predicted octanol–water partition coefficient (Wildman–Crippen LogP) is 4.99. The van der Waals surface area contributed by atoms with E-state index in [1.807, 2.05) is 42.7 Å². The Morgan fingerprint density at radius 2 is 1.31 bits per heavy atom. The number of benzene rings is 2. The largest absolute Gasteiger partial charge is 0.493 e. The molecule has 0 saturated carbocycles. The SMILES string of the molecule is CNc1cc(C2SCC(c3cc(OC)c(OC)c(OC)c3)S2)cc(OC)c1OC. The number of ether oxygens (including phenoxy) is 5. The predicted molar refractivity (Wildman–Crippen MR) is 121 cm³/mol. The molecule has 0 amide bonds. The van der Waals surface area contributed by atoms with Gasteiger partial charge in [0.2, 0.25) is 5.75 Å². The Bertz CT molecular complexity index is 741. The Balaban J connectivity index is 1.89. The second-order valence-electron chi connectivity index (χ2n) is 6.30. The van der Waals surface area contributed by atoms with E-state index in [0.29, 0.717) is 28.2 Å². The summed E-state index contributed by atoms with van der Waals surface area (Å²) in [7, 11) is 10.1. The van der Waals surface area contributed by atoms with Crippen LogP contribution in [0.2, 0.25) is 0 Å². The van der Waals surface area contributed by atoms with E-state index in [9.17, 15) is 0 Å². The maximum atomic E-state index is 5.55. The number of nitrogens with one attached hydrogen (secondary N) is 1. The smallest absolute Gasteiger partial charge is 0.203 e. The average molecular weight is 438 g/mol. The molecule has 0 aromatic heterocycles. The molecular weight excluding hydrogens is 410 g/mol. The summed E-state index contributed by atoms with van der Waals surface area (Å²) in [6, 6.07) is 8.26. The van der Waals surface area contributed by atoms with Gasteiger partial charge in [-0.3, -0.25) is 0 Å². The summed E-state index contributed by atoms with van der Waals surface area (Å²) in [6.07, 6.45) is 0. The van der Waals surface area contributed by atoms with E-state index < -0.39 is 0 Å². The minimum Gasteiger partial charge on any atom is -0.493 e. The molecule has 29 heavy (non-hydrogen) atoms. The van der Waals surface area contributed by atoms with Gasteiger partial charge in [0, 0.05) is 18.1 Å². The average Bonchev–Trinajstić information content (AvgIpc) is 3.27. The van der Waals surface area contributed by atoms with Gasteiger partial charge in [-0.15, -0.1) is 23.5 Å². The molecule has 1 aliphatic heterocycles. The fraction of sp³-hybridized carbons (Fsp3) is 0.429. The Hall–Kier alpha value is -2.06. The van der Waals surface area contributed by atoms with Crippen molar-refractivity contribution in [3.63, 3.8) is 0 Å². The van der Waals surface area contributed by atoms with Gasteiger partial charge in [-0.2, -0.15) is 0 Å². The molecule has 158 valence electrons. The highest BCUT2D eigenvalue weighted by molar-refractivity contribution is 8.19. The first kappa shape index (κ1) is 21.6. The lowest BCUT2D eigenvalue weighted by atomic mass is 10.1. The van der Waals surface area contributed by atoms with Gasteiger partial charge in [0.25, 0.3) is 0 Å². The van der Waals surface area contributed by atoms with Crippen molar-refractivity contribution >= 4 is 29.2 Å². The molecule has 2 unspecified atom stereocenters. The molecule has 2 atom stereocenters. The van der Waals surface area contributed by atoms with Crippen molar-refractivity contribution in [1.82, 2.24) is 0 Å². The molecule has 3 rings (SSSR count). The first-order chi connectivity index (χ1) is 14.1. The second kappa shape index (κ2) is 9.63. The zero-order chi connectivity index (χ0) is 21.0. The number of hydrogen-bond donors (Lipinski definition) is 1. The van der Waals surface area contributed by atoms with E-state index in [0.717, 1.165) is 22.8 Å². The van der Waals surface area contributed by atoms with Crippen molar-refractivity contribution in [2.75, 3.05) is 53.7 Å². The van der Waals surface area contributed by atoms with Crippen molar-refractivity contribution < 1.29 is 23.7 Å². The Labute approximate surface area is 180 Å². The van der Waals surface area contributed by atoms with Gasteiger partial charge < -0.3 is 29.0 Å². The molecule has 2 aromatic rings. The van der Waals surface area contributed by atoms with Crippen molar-refractivity contribution in [1.29, 1.82) is 0 Å². The monoisotopic (exact) mass is 437 g/mol. The third-order valence-electron chi connectivity index (χ3n) is 4.79. The van der Waals surface area contributed by atoms with Crippen LogP contribution in [0, 0.1) is 0 Å². The molecule has 0 bridgehead atoms. The molecule has 0 aliphatic carbocycles. The Morgan fingerprint density at radius 1 is 0.759 bits per heavy atom. The van der Waals surface area contributed by atoms with E-state index in [4.69, 9.17) is 23.7 Å². The molecule has 1 N–H and O–H groups in total. The fourth-order valence-electron chi connectivity index (χ4n) is 3.35. The van der Waals surface area contributed by atoms with Crippen LogP contribution in [0.4, 0.5) is 5.69 Å². The zero-order valence-electron chi connectivity index (χ0n) is 17.5. The topological polar surface area (TPSA) is 58.2 Å². The van der Waals surface area contributed by atoms with Crippen LogP contribution in [0.5, 0.6) is 28.7 Å². The van der Waals surface area contributed by atoms with Crippen LogP contribution in [0.3, 0.4) is 0 Å². The summed E-state index contributed by atoms with van der Waals surface area (Å²) < 4.78 is 27.8. The van der Waals surface area contributed by atoms with E-state index in [-0.39, 0.29) is 4.58 Å². The van der Waals surface area contributed by atoms with Crippen LogP contribution in [0.15, 0.2) is 24.3 Å². The Kier molecular flexibility index (Phi) is 7.18. The third-order valence-corrected chi connectivity index (χ3v) is 8.13. The van der Waals surface area contributed by atoms with Gasteiger partial charge >= 0.3 is 0 Å². The second-order valence-corrected chi connectivity index (χ2v) is 9.05. The van der Waals surface area contributed by atoms with Crippen molar-refractivity contribution in [3.05, 3.63) is 35.4 Å². The summed E-state index contributed by atoms with van der Waals surface area (Å²) in [4.78, 5) is 0. The molecule has 0 spiro atoms. The summed E-state index contributed by atoms with van der Waals surface area (Å²) in [5.74, 6) is 4.40. The van der Waals surface area contributed by atoms with Gasteiger partial charge in [0.05, 0.1) is 45.8 Å². The number of hydrogen-bond acceptors (Lipinski definition) is 8.